The first-order chi connectivity index (χ1) is 9.11. The number of hydrogen-bond acceptors (Lipinski definition) is 3. The van der Waals surface area contributed by atoms with Gasteiger partial charge >= 0.3 is 0 Å². The predicted molar refractivity (Wildman–Crippen MR) is 66.1 cm³/mol. The van der Waals surface area contributed by atoms with E-state index in [1.54, 1.807) is 6.07 Å². The SMILES string of the molecule is N#Cc1ccc(NC(=O)c2c[nH]ccc2=O)c(F)c1. The van der Waals surface area contributed by atoms with E-state index >= 15 is 0 Å². The number of amides is 1. The van der Waals surface area contributed by atoms with Gasteiger partial charge in [-0.2, -0.15) is 5.26 Å². The van der Waals surface area contributed by atoms with Crippen molar-refractivity contribution in [3.05, 3.63) is 63.8 Å². The maximum atomic E-state index is 13.6. The molecule has 0 aliphatic heterocycles. The minimum atomic E-state index is -0.736. The van der Waals surface area contributed by atoms with Crippen LogP contribution in [0, 0.1) is 17.1 Å². The Morgan fingerprint density at radius 1 is 1.37 bits per heavy atom. The van der Waals surface area contributed by atoms with Gasteiger partial charge in [-0.15, -0.1) is 0 Å². The Bertz CT molecular complexity index is 731. The van der Waals surface area contributed by atoms with Gasteiger partial charge in [-0.3, -0.25) is 9.59 Å². The second kappa shape index (κ2) is 5.14. The molecule has 2 rings (SSSR count). The van der Waals surface area contributed by atoms with E-state index in [0.717, 1.165) is 6.07 Å². The zero-order valence-electron chi connectivity index (χ0n) is 9.61. The second-order valence-corrected chi connectivity index (χ2v) is 3.68. The predicted octanol–water partition coefficient (Wildman–Crippen LogP) is 1.64. The quantitative estimate of drug-likeness (QED) is 0.857. The van der Waals surface area contributed by atoms with Crippen molar-refractivity contribution in [3.8, 4) is 6.07 Å². The van der Waals surface area contributed by atoms with E-state index in [0.29, 0.717) is 0 Å². The number of anilines is 1. The number of nitriles is 1. The lowest BCUT2D eigenvalue weighted by atomic mass is 10.2. The number of halogens is 1. The summed E-state index contributed by atoms with van der Waals surface area (Å²) in [5.74, 6) is -1.45. The molecular weight excluding hydrogens is 249 g/mol. The Morgan fingerprint density at radius 3 is 2.79 bits per heavy atom. The van der Waals surface area contributed by atoms with Crippen LogP contribution in [0.4, 0.5) is 10.1 Å². The lowest BCUT2D eigenvalue weighted by Gasteiger charge is -2.05. The standard InChI is InChI=1S/C13H8FN3O2/c14-10-5-8(6-15)1-2-11(10)17-13(19)9-7-16-4-3-12(9)18/h1-5,7H,(H,16,18)(H,17,19). The first kappa shape index (κ1) is 12.5. The van der Waals surface area contributed by atoms with E-state index in [4.69, 9.17) is 5.26 Å². The van der Waals surface area contributed by atoms with Gasteiger partial charge in [-0.05, 0) is 18.2 Å². The fraction of sp³-hybridized carbons (Fsp3) is 0. The van der Waals surface area contributed by atoms with Crippen LogP contribution in [0.2, 0.25) is 0 Å². The summed E-state index contributed by atoms with van der Waals surface area (Å²) >= 11 is 0. The molecule has 0 spiro atoms. The minimum Gasteiger partial charge on any atom is -0.367 e. The summed E-state index contributed by atoms with van der Waals surface area (Å²) in [6.45, 7) is 0. The lowest BCUT2D eigenvalue weighted by Crippen LogP contribution is -2.21. The van der Waals surface area contributed by atoms with Gasteiger partial charge in [-0.1, -0.05) is 0 Å². The summed E-state index contributed by atoms with van der Waals surface area (Å²) in [4.78, 5) is 25.8. The average molecular weight is 257 g/mol. The number of nitrogens with one attached hydrogen (secondary N) is 2. The van der Waals surface area contributed by atoms with Crippen molar-refractivity contribution in [2.45, 2.75) is 0 Å². The second-order valence-electron chi connectivity index (χ2n) is 3.68. The Kier molecular flexibility index (Phi) is 3.39. The number of aromatic nitrogens is 1. The summed E-state index contributed by atoms with van der Waals surface area (Å²) in [5, 5.41) is 10.9. The van der Waals surface area contributed by atoms with E-state index in [1.807, 2.05) is 0 Å². The van der Waals surface area contributed by atoms with Crippen molar-refractivity contribution < 1.29 is 9.18 Å². The number of carbonyl (C=O) groups is 1. The monoisotopic (exact) mass is 257 g/mol. The highest BCUT2D eigenvalue weighted by molar-refractivity contribution is 6.04. The van der Waals surface area contributed by atoms with Crippen molar-refractivity contribution in [1.29, 1.82) is 5.26 Å². The third kappa shape index (κ3) is 2.66. The van der Waals surface area contributed by atoms with Crippen molar-refractivity contribution >= 4 is 11.6 Å². The highest BCUT2D eigenvalue weighted by Crippen LogP contribution is 2.15. The molecule has 0 radical (unpaired) electrons. The topological polar surface area (TPSA) is 85.8 Å². The van der Waals surface area contributed by atoms with Crippen LogP contribution in [0.1, 0.15) is 15.9 Å². The van der Waals surface area contributed by atoms with E-state index in [1.165, 1.54) is 30.6 Å². The molecule has 19 heavy (non-hydrogen) atoms. The van der Waals surface area contributed by atoms with Crippen molar-refractivity contribution in [2.75, 3.05) is 5.32 Å². The molecule has 0 bridgehead atoms. The molecule has 1 heterocycles. The number of nitrogens with zero attached hydrogens (tertiary/aromatic N) is 1. The van der Waals surface area contributed by atoms with Crippen LogP contribution in [-0.4, -0.2) is 10.9 Å². The van der Waals surface area contributed by atoms with Gasteiger partial charge < -0.3 is 10.3 Å². The molecular formula is C13H8FN3O2. The van der Waals surface area contributed by atoms with Crippen molar-refractivity contribution in [2.24, 2.45) is 0 Å². The molecule has 94 valence electrons. The molecule has 6 heteroatoms. The van der Waals surface area contributed by atoms with E-state index in [9.17, 15) is 14.0 Å². The lowest BCUT2D eigenvalue weighted by molar-refractivity contribution is 0.102. The Hall–Kier alpha value is -2.94. The van der Waals surface area contributed by atoms with Crippen LogP contribution >= 0.6 is 0 Å². The Balaban J connectivity index is 2.28. The Morgan fingerprint density at radius 2 is 2.16 bits per heavy atom. The van der Waals surface area contributed by atoms with Gasteiger partial charge in [0.2, 0.25) is 0 Å². The summed E-state index contributed by atoms with van der Waals surface area (Å²) < 4.78 is 13.6. The van der Waals surface area contributed by atoms with Crippen LogP contribution in [0.3, 0.4) is 0 Å². The van der Waals surface area contributed by atoms with Crippen LogP contribution in [0.15, 0.2) is 41.5 Å². The van der Waals surface area contributed by atoms with Crippen molar-refractivity contribution in [3.63, 3.8) is 0 Å². The maximum Gasteiger partial charge on any atom is 0.261 e. The molecule has 5 nitrogen and oxygen atoms in total. The number of benzene rings is 1. The number of hydrogen-bond donors (Lipinski definition) is 2. The molecule has 0 saturated carbocycles. The zero-order chi connectivity index (χ0) is 13.8. The molecule has 1 aromatic heterocycles. The molecule has 0 saturated heterocycles. The summed E-state index contributed by atoms with van der Waals surface area (Å²) in [7, 11) is 0. The van der Waals surface area contributed by atoms with E-state index in [-0.39, 0.29) is 16.8 Å². The van der Waals surface area contributed by atoms with Crippen LogP contribution in [0.5, 0.6) is 0 Å². The molecule has 0 unspecified atom stereocenters. The maximum absolute atomic E-state index is 13.6. The summed E-state index contributed by atoms with van der Waals surface area (Å²) in [6, 6.07) is 6.62. The third-order valence-electron chi connectivity index (χ3n) is 2.42. The van der Waals surface area contributed by atoms with Gasteiger partial charge in [0.25, 0.3) is 5.91 Å². The highest BCUT2D eigenvalue weighted by atomic mass is 19.1. The fourth-order valence-electron chi connectivity index (χ4n) is 1.47. The molecule has 0 aliphatic carbocycles. The molecule has 0 atom stereocenters. The number of carbonyl (C=O) groups excluding carboxylic acids is 1. The van der Waals surface area contributed by atoms with E-state index < -0.39 is 17.2 Å². The van der Waals surface area contributed by atoms with Gasteiger partial charge in [0, 0.05) is 18.5 Å². The zero-order valence-corrected chi connectivity index (χ0v) is 9.61. The molecule has 1 amide bonds. The minimum absolute atomic E-state index is 0.0905. The molecule has 0 fully saturated rings. The van der Waals surface area contributed by atoms with Gasteiger partial charge in [0.15, 0.2) is 5.43 Å². The number of H-pyrrole nitrogens is 1. The van der Waals surface area contributed by atoms with Gasteiger partial charge in [0.1, 0.15) is 11.4 Å². The largest absolute Gasteiger partial charge is 0.367 e. The number of aromatic amines is 1. The first-order valence-electron chi connectivity index (χ1n) is 5.30. The molecule has 2 aromatic rings. The van der Waals surface area contributed by atoms with Crippen molar-refractivity contribution in [1.82, 2.24) is 4.98 Å². The molecule has 0 aliphatic rings. The highest BCUT2D eigenvalue weighted by Gasteiger charge is 2.12. The Labute approximate surface area is 107 Å². The summed E-state index contributed by atoms with van der Waals surface area (Å²) in [6.07, 6.45) is 2.63. The van der Waals surface area contributed by atoms with Crippen LogP contribution in [0.25, 0.3) is 0 Å². The summed E-state index contributed by atoms with van der Waals surface area (Å²) in [5.41, 5.74) is -0.531. The normalized spacial score (nSPS) is 9.68. The fourth-order valence-corrected chi connectivity index (χ4v) is 1.47. The molecule has 1 aromatic carbocycles. The first-order valence-corrected chi connectivity index (χ1v) is 5.30. The third-order valence-corrected chi connectivity index (χ3v) is 2.42. The average Bonchev–Trinajstić information content (AvgIpc) is 2.41. The van der Waals surface area contributed by atoms with Gasteiger partial charge in [-0.25, -0.2) is 4.39 Å². The van der Waals surface area contributed by atoms with E-state index in [2.05, 4.69) is 10.3 Å². The van der Waals surface area contributed by atoms with Crippen LogP contribution in [-0.2, 0) is 0 Å². The smallest absolute Gasteiger partial charge is 0.261 e. The van der Waals surface area contributed by atoms with Crippen LogP contribution < -0.4 is 10.7 Å². The van der Waals surface area contributed by atoms with Gasteiger partial charge in [0.05, 0.1) is 17.3 Å². The number of pyridine rings is 1. The number of rotatable bonds is 2. The molecule has 2 N–H and O–H groups in total.